The second-order valence-electron chi connectivity index (χ2n) is 6.09. The number of H-pyrrole nitrogens is 1. The summed E-state index contributed by atoms with van der Waals surface area (Å²) in [6, 6.07) is 9.71. The Bertz CT molecular complexity index is 785. The molecular formula is C19H22N4O3. The molecule has 2 amide bonds. The maximum Gasteiger partial charge on any atom is 0.246 e. The molecule has 2 aromatic rings. The van der Waals surface area contributed by atoms with Gasteiger partial charge in [-0.2, -0.15) is 0 Å². The molecule has 7 heteroatoms. The molecule has 7 nitrogen and oxygen atoms in total. The summed E-state index contributed by atoms with van der Waals surface area (Å²) in [7, 11) is 0. The number of carbonyl (C=O) groups excluding carboxylic acids is 2. The van der Waals surface area contributed by atoms with Crippen LogP contribution in [0.3, 0.4) is 0 Å². The minimum atomic E-state index is -0.302. The van der Waals surface area contributed by atoms with E-state index in [2.05, 4.69) is 15.3 Å². The maximum atomic E-state index is 12.4. The SMILES string of the molecule is CC(=O)NCc1cnc(C2CN(C(=O)/C=C/c3ccccc3)CCO2)[nH]1. The normalized spacial score (nSPS) is 17.4. The first-order chi connectivity index (χ1) is 12.6. The van der Waals surface area contributed by atoms with Crippen LogP contribution >= 0.6 is 0 Å². The molecular weight excluding hydrogens is 332 g/mol. The number of carbonyl (C=O) groups is 2. The summed E-state index contributed by atoms with van der Waals surface area (Å²) in [4.78, 5) is 32.6. The van der Waals surface area contributed by atoms with Gasteiger partial charge >= 0.3 is 0 Å². The van der Waals surface area contributed by atoms with Gasteiger partial charge < -0.3 is 19.9 Å². The summed E-state index contributed by atoms with van der Waals surface area (Å²) in [6.45, 7) is 3.29. The number of nitrogens with one attached hydrogen (secondary N) is 2. The molecule has 1 aromatic carbocycles. The van der Waals surface area contributed by atoms with E-state index in [1.807, 2.05) is 36.4 Å². The number of imidazole rings is 1. The van der Waals surface area contributed by atoms with Gasteiger partial charge in [0.05, 0.1) is 31.6 Å². The molecule has 1 unspecified atom stereocenters. The van der Waals surface area contributed by atoms with E-state index in [0.29, 0.717) is 32.1 Å². The maximum absolute atomic E-state index is 12.4. The Labute approximate surface area is 152 Å². The van der Waals surface area contributed by atoms with Crippen molar-refractivity contribution in [2.24, 2.45) is 0 Å². The highest BCUT2D eigenvalue weighted by atomic mass is 16.5. The molecule has 26 heavy (non-hydrogen) atoms. The lowest BCUT2D eigenvalue weighted by Gasteiger charge is -2.31. The van der Waals surface area contributed by atoms with Crippen LogP contribution in [0.4, 0.5) is 0 Å². The fourth-order valence-electron chi connectivity index (χ4n) is 2.70. The minimum Gasteiger partial charge on any atom is -0.367 e. The van der Waals surface area contributed by atoms with E-state index in [9.17, 15) is 9.59 Å². The van der Waals surface area contributed by atoms with E-state index >= 15 is 0 Å². The average molecular weight is 354 g/mol. The third kappa shape index (κ3) is 4.80. The third-order valence-corrected chi connectivity index (χ3v) is 4.08. The number of rotatable bonds is 5. The highest BCUT2D eigenvalue weighted by molar-refractivity contribution is 5.91. The monoisotopic (exact) mass is 354 g/mol. The van der Waals surface area contributed by atoms with Crippen molar-refractivity contribution in [1.82, 2.24) is 20.2 Å². The molecule has 1 aromatic heterocycles. The highest BCUT2D eigenvalue weighted by Crippen LogP contribution is 2.20. The molecule has 0 spiro atoms. The van der Waals surface area contributed by atoms with Crippen LogP contribution in [0.15, 0.2) is 42.6 Å². The van der Waals surface area contributed by atoms with Gasteiger partial charge in [-0.3, -0.25) is 9.59 Å². The van der Waals surface area contributed by atoms with Crippen LogP contribution in [0.5, 0.6) is 0 Å². The number of amides is 2. The Morgan fingerprint density at radius 1 is 1.38 bits per heavy atom. The summed E-state index contributed by atoms with van der Waals surface area (Å²) in [6.07, 6.45) is 4.77. The van der Waals surface area contributed by atoms with Crippen LogP contribution in [0, 0.1) is 0 Å². The van der Waals surface area contributed by atoms with Crippen molar-refractivity contribution in [3.05, 3.63) is 59.7 Å². The lowest BCUT2D eigenvalue weighted by Crippen LogP contribution is -2.41. The van der Waals surface area contributed by atoms with Crippen molar-refractivity contribution in [1.29, 1.82) is 0 Å². The molecule has 2 N–H and O–H groups in total. The number of aromatic nitrogens is 2. The fourth-order valence-corrected chi connectivity index (χ4v) is 2.70. The largest absolute Gasteiger partial charge is 0.367 e. The summed E-state index contributed by atoms with van der Waals surface area (Å²) in [5.74, 6) is 0.513. The van der Waals surface area contributed by atoms with Gasteiger partial charge in [0, 0.05) is 19.5 Å². The van der Waals surface area contributed by atoms with Gasteiger partial charge in [-0.05, 0) is 11.6 Å². The van der Waals surface area contributed by atoms with E-state index < -0.39 is 0 Å². The Kier molecular flexibility index (Phi) is 5.80. The first-order valence-electron chi connectivity index (χ1n) is 8.53. The van der Waals surface area contributed by atoms with Crippen molar-refractivity contribution in [3.63, 3.8) is 0 Å². The summed E-state index contributed by atoms with van der Waals surface area (Å²) < 4.78 is 5.75. The van der Waals surface area contributed by atoms with Gasteiger partial charge in [0.25, 0.3) is 0 Å². The number of benzene rings is 1. The molecule has 0 aliphatic carbocycles. The van der Waals surface area contributed by atoms with Gasteiger partial charge in [0.2, 0.25) is 11.8 Å². The molecule has 1 fully saturated rings. The topological polar surface area (TPSA) is 87.3 Å². The molecule has 1 saturated heterocycles. The summed E-state index contributed by atoms with van der Waals surface area (Å²) in [5.41, 5.74) is 1.78. The minimum absolute atomic E-state index is 0.0489. The Balaban J connectivity index is 1.59. The van der Waals surface area contributed by atoms with Crippen molar-refractivity contribution < 1.29 is 14.3 Å². The van der Waals surface area contributed by atoms with Crippen molar-refractivity contribution in [3.8, 4) is 0 Å². The number of hydrogen-bond donors (Lipinski definition) is 2. The zero-order chi connectivity index (χ0) is 18.4. The fraction of sp³-hybridized carbons (Fsp3) is 0.316. The average Bonchev–Trinajstić information content (AvgIpc) is 3.14. The zero-order valence-corrected chi connectivity index (χ0v) is 14.6. The molecule has 1 aliphatic heterocycles. The van der Waals surface area contributed by atoms with Crippen molar-refractivity contribution in [2.75, 3.05) is 19.7 Å². The van der Waals surface area contributed by atoms with Crippen LogP contribution in [-0.4, -0.2) is 46.4 Å². The molecule has 0 saturated carbocycles. The number of morpholine rings is 1. The van der Waals surface area contributed by atoms with Crippen LogP contribution in [-0.2, 0) is 20.9 Å². The van der Waals surface area contributed by atoms with Gasteiger partial charge in [0.1, 0.15) is 11.9 Å². The quantitative estimate of drug-likeness (QED) is 0.800. The Hall–Kier alpha value is -2.93. The molecule has 1 atom stereocenters. The Morgan fingerprint density at radius 3 is 2.96 bits per heavy atom. The molecule has 2 heterocycles. The molecule has 0 bridgehead atoms. The van der Waals surface area contributed by atoms with Gasteiger partial charge in [0.15, 0.2) is 0 Å². The first-order valence-corrected chi connectivity index (χ1v) is 8.53. The first kappa shape index (κ1) is 17.9. The number of aromatic amines is 1. The van der Waals surface area contributed by atoms with E-state index in [1.54, 1.807) is 17.2 Å². The predicted octanol–water partition coefficient (Wildman–Crippen LogP) is 1.66. The van der Waals surface area contributed by atoms with Crippen LogP contribution < -0.4 is 5.32 Å². The van der Waals surface area contributed by atoms with Crippen LogP contribution in [0.1, 0.15) is 30.1 Å². The predicted molar refractivity (Wildman–Crippen MR) is 96.9 cm³/mol. The Morgan fingerprint density at radius 2 is 2.19 bits per heavy atom. The second-order valence-corrected chi connectivity index (χ2v) is 6.09. The number of nitrogens with zero attached hydrogens (tertiary/aromatic N) is 2. The smallest absolute Gasteiger partial charge is 0.246 e. The van der Waals surface area contributed by atoms with Gasteiger partial charge in [-0.15, -0.1) is 0 Å². The van der Waals surface area contributed by atoms with Gasteiger partial charge in [-0.25, -0.2) is 4.98 Å². The third-order valence-electron chi connectivity index (χ3n) is 4.08. The molecule has 3 rings (SSSR count). The highest BCUT2D eigenvalue weighted by Gasteiger charge is 2.26. The zero-order valence-electron chi connectivity index (χ0n) is 14.6. The van der Waals surface area contributed by atoms with E-state index in [0.717, 1.165) is 11.3 Å². The van der Waals surface area contributed by atoms with E-state index in [4.69, 9.17) is 4.74 Å². The van der Waals surface area contributed by atoms with Crippen LogP contribution in [0.25, 0.3) is 6.08 Å². The number of ether oxygens (including phenoxy) is 1. The summed E-state index contributed by atoms with van der Waals surface area (Å²) >= 11 is 0. The standard InChI is InChI=1S/C19H22N4O3/c1-14(24)20-11-16-12-21-19(22-16)17-13-23(9-10-26-17)18(25)8-7-15-5-3-2-4-6-15/h2-8,12,17H,9-11,13H2,1H3,(H,20,24)(H,21,22)/b8-7+. The van der Waals surface area contributed by atoms with Crippen molar-refractivity contribution >= 4 is 17.9 Å². The van der Waals surface area contributed by atoms with Crippen LogP contribution in [0.2, 0.25) is 0 Å². The van der Waals surface area contributed by atoms with Crippen molar-refractivity contribution in [2.45, 2.75) is 19.6 Å². The molecule has 0 radical (unpaired) electrons. The molecule has 1 aliphatic rings. The number of hydrogen-bond acceptors (Lipinski definition) is 4. The lowest BCUT2D eigenvalue weighted by atomic mass is 10.2. The summed E-state index contributed by atoms with van der Waals surface area (Å²) in [5, 5.41) is 2.71. The van der Waals surface area contributed by atoms with E-state index in [-0.39, 0.29) is 17.9 Å². The van der Waals surface area contributed by atoms with E-state index in [1.165, 1.54) is 6.92 Å². The lowest BCUT2D eigenvalue weighted by molar-refractivity contribution is -0.134. The van der Waals surface area contributed by atoms with Gasteiger partial charge in [-0.1, -0.05) is 30.3 Å². The second kappa shape index (κ2) is 8.44. The molecule has 136 valence electrons.